The molecule has 1 aromatic carbocycles. The third-order valence-electron chi connectivity index (χ3n) is 3.79. The number of nitrogens with zero attached hydrogens (tertiary/aromatic N) is 2. The minimum absolute atomic E-state index is 0.618. The lowest BCUT2D eigenvalue weighted by Crippen LogP contribution is -2.11. The maximum absolute atomic E-state index is 10.7. The van der Waals surface area contributed by atoms with E-state index in [2.05, 4.69) is 12.0 Å². The van der Waals surface area contributed by atoms with E-state index >= 15 is 0 Å². The number of aromatic nitrogens is 2. The lowest BCUT2D eigenvalue weighted by Gasteiger charge is -2.16. The molecule has 21 heavy (non-hydrogen) atoms. The molecule has 1 aromatic heterocycles. The molecule has 0 saturated heterocycles. The van der Waals surface area contributed by atoms with Gasteiger partial charge in [0.05, 0.1) is 19.9 Å². The van der Waals surface area contributed by atoms with Gasteiger partial charge in [-0.05, 0) is 29.7 Å². The summed E-state index contributed by atoms with van der Waals surface area (Å²) in [5.41, 5.74) is 2.70. The number of aliphatic hydroxyl groups is 1. The van der Waals surface area contributed by atoms with Gasteiger partial charge in [0.1, 0.15) is 17.5 Å². The van der Waals surface area contributed by atoms with E-state index in [-0.39, 0.29) is 0 Å². The SMILES string of the molecule is CCCn1ncc(OC)c1C(O)c1ccc2c(c1)CCO2. The molecule has 0 saturated carbocycles. The zero-order chi connectivity index (χ0) is 14.8. The van der Waals surface area contributed by atoms with E-state index in [9.17, 15) is 5.11 Å². The molecule has 5 heteroatoms. The number of rotatable bonds is 5. The Morgan fingerprint density at radius 2 is 2.33 bits per heavy atom. The summed E-state index contributed by atoms with van der Waals surface area (Å²) in [4.78, 5) is 0. The van der Waals surface area contributed by atoms with E-state index in [0.717, 1.165) is 36.3 Å². The normalized spacial score (nSPS) is 14.6. The van der Waals surface area contributed by atoms with Gasteiger partial charge in [-0.25, -0.2) is 0 Å². The smallest absolute Gasteiger partial charge is 0.163 e. The van der Waals surface area contributed by atoms with Gasteiger partial charge in [0.2, 0.25) is 0 Å². The molecular weight excluding hydrogens is 268 g/mol. The molecule has 1 aliphatic heterocycles. The maximum Gasteiger partial charge on any atom is 0.163 e. The van der Waals surface area contributed by atoms with Crippen molar-refractivity contribution in [3.63, 3.8) is 0 Å². The van der Waals surface area contributed by atoms with E-state index in [0.29, 0.717) is 18.1 Å². The number of hydrogen-bond donors (Lipinski definition) is 1. The van der Waals surface area contributed by atoms with E-state index in [1.54, 1.807) is 13.3 Å². The summed E-state index contributed by atoms with van der Waals surface area (Å²) in [6.07, 6.45) is 2.74. The molecule has 2 heterocycles. The molecule has 0 spiro atoms. The number of methoxy groups -OCH3 is 1. The fourth-order valence-electron chi connectivity index (χ4n) is 2.74. The van der Waals surface area contributed by atoms with Gasteiger partial charge in [-0.15, -0.1) is 0 Å². The second-order valence-electron chi connectivity index (χ2n) is 5.19. The Kier molecular flexibility index (Phi) is 3.84. The van der Waals surface area contributed by atoms with E-state index < -0.39 is 6.10 Å². The van der Waals surface area contributed by atoms with Gasteiger partial charge in [0.25, 0.3) is 0 Å². The second-order valence-corrected chi connectivity index (χ2v) is 5.19. The highest BCUT2D eigenvalue weighted by Crippen LogP contribution is 2.33. The Morgan fingerprint density at radius 3 is 3.10 bits per heavy atom. The molecule has 0 aliphatic carbocycles. The quantitative estimate of drug-likeness (QED) is 0.917. The first-order chi connectivity index (χ1) is 10.2. The van der Waals surface area contributed by atoms with E-state index in [1.165, 1.54) is 0 Å². The molecule has 1 N–H and O–H groups in total. The molecule has 0 radical (unpaired) electrons. The Labute approximate surface area is 124 Å². The first kappa shape index (κ1) is 13.9. The zero-order valence-corrected chi connectivity index (χ0v) is 12.4. The van der Waals surface area contributed by atoms with Crippen molar-refractivity contribution in [2.24, 2.45) is 0 Å². The minimum atomic E-state index is -0.750. The van der Waals surface area contributed by atoms with Crippen LogP contribution in [0.15, 0.2) is 24.4 Å². The molecule has 1 unspecified atom stereocenters. The Balaban J connectivity index is 1.97. The number of aryl methyl sites for hydroxylation is 1. The number of ether oxygens (including phenoxy) is 2. The van der Waals surface area contributed by atoms with Gasteiger partial charge >= 0.3 is 0 Å². The van der Waals surface area contributed by atoms with Crippen LogP contribution in [0.4, 0.5) is 0 Å². The molecule has 1 atom stereocenters. The average molecular weight is 288 g/mol. The van der Waals surface area contributed by atoms with Crippen LogP contribution in [0.25, 0.3) is 0 Å². The van der Waals surface area contributed by atoms with Gasteiger partial charge in [-0.2, -0.15) is 5.10 Å². The summed E-state index contributed by atoms with van der Waals surface area (Å²) >= 11 is 0. The van der Waals surface area contributed by atoms with Crippen molar-refractivity contribution >= 4 is 0 Å². The van der Waals surface area contributed by atoms with Crippen LogP contribution < -0.4 is 9.47 Å². The van der Waals surface area contributed by atoms with Crippen LogP contribution in [0.5, 0.6) is 11.5 Å². The topological polar surface area (TPSA) is 56.5 Å². The zero-order valence-electron chi connectivity index (χ0n) is 12.4. The fourth-order valence-corrected chi connectivity index (χ4v) is 2.74. The highest BCUT2D eigenvalue weighted by Gasteiger charge is 2.23. The van der Waals surface area contributed by atoms with Crippen molar-refractivity contribution in [2.75, 3.05) is 13.7 Å². The summed E-state index contributed by atoms with van der Waals surface area (Å²) in [5.74, 6) is 1.53. The molecule has 0 fully saturated rings. The van der Waals surface area contributed by atoms with Crippen molar-refractivity contribution in [1.82, 2.24) is 9.78 Å². The lowest BCUT2D eigenvalue weighted by molar-refractivity contribution is 0.202. The summed E-state index contributed by atoms with van der Waals surface area (Å²) < 4.78 is 12.7. The second kappa shape index (κ2) is 5.77. The minimum Gasteiger partial charge on any atom is -0.493 e. The Bertz CT molecular complexity index is 636. The van der Waals surface area contributed by atoms with Gasteiger partial charge in [-0.3, -0.25) is 4.68 Å². The highest BCUT2D eigenvalue weighted by molar-refractivity contribution is 5.43. The van der Waals surface area contributed by atoms with E-state index in [1.807, 2.05) is 22.9 Å². The highest BCUT2D eigenvalue weighted by atomic mass is 16.5. The number of aliphatic hydroxyl groups excluding tert-OH is 1. The first-order valence-corrected chi connectivity index (χ1v) is 7.28. The average Bonchev–Trinajstić information content (AvgIpc) is 3.12. The maximum atomic E-state index is 10.7. The van der Waals surface area contributed by atoms with Crippen LogP contribution in [0.1, 0.15) is 36.3 Å². The molecule has 1 aliphatic rings. The van der Waals surface area contributed by atoms with E-state index in [4.69, 9.17) is 9.47 Å². The standard InChI is InChI=1S/C16H20N2O3/c1-3-7-18-15(14(20-2)10-17-18)16(19)12-4-5-13-11(9-12)6-8-21-13/h4-5,9-10,16,19H,3,6-8H2,1-2H3. The van der Waals surface area contributed by atoms with Crippen LogP contribution in [-0.4, -0.2) is 28.6 Å². The van der Waals surface area contributed by atoms with Crippen LogP contribution in [0.3, 0.4) is 0 Å². The van der Waals surface area contributed by atoms with Crippen LogP contribution >= 0.6 is 0 Å². The lowest BCUT2D eigenvalue weighted by atomic mass is 10.0. The molecule has 0 bridgehead atoms. The predicted molar refractivity (Wildman–Crippen MR) is 78.8 cm³/mol. The van der Waals surface area contributed by atoms with Crippen molar-refractivity contribution in [2.45, 2.75) is 32.4 Å². The molecule has 3 rings (SSSR count). The number of hydrogen-bond acceptors (Lipinski definition) is 4. The van der Waals surface area contributed by atoms with Gasteiger partial charge < -0.3 is 14.6 Å². The van der Waals surface area contributed by atoms with Crippen molar-refractivity contribution in [3.05, 3.63) is 41.2 Å². The van der Waals surface area contributed by atoms with Crippen molar-refractivity contribution in [1.29, 1.82) is 0 Å². The number of benzene rings is 1. The third kappa shape index (κ3) is 2.49. The monoisotopic (exact) mass is 288 g/mol. The predicted octanol–water partition coefficient (Wildman–Crippen LogP) is 2.32. The van der Waals surface area contributed by atoms with Gasteiger partial charge in [0, 0.05) is 13.0 Å². The first-order valence-electron chi connectivity index (χ1n) is 7.28. The number of fused-ring (bicyclic) bond motifs is 1. The molecule has 2 aromatic rings. The summed E-state index contributed by atoms with van der Waals surface area (Å²) in [7, 11) is 1.60. The molecule has 112 valence electrons. The largest absolute Gasteiger partial charge is 0.493 e. The molecular formula is C16H20N2O3. The van der Waals surface area contributed by atoms with Crippen molar-refractivity contribution in [3.8, 4) is 11.5 Å². The fraction of sp³-hybridized carbons (Fsp3) is 0.438. The Morgan fingerprint density at radius 1 is 1.48 bits per heavy atom. The van der Waals surface area contributed by atoms with Crippen LogP contribution in [0, 0.1) is 0 Å². The van der Waals surface area contributed by atoms with Gasteiger partial charge in [0.15, 0.2) is 5.75 Å². The van der Waals surface area contributed by atoms with Gasteiger partial charge in [-0.1, -0.05) is 13.0 Å². The van der Waals surface area contributed by atoms with Crippen molar-refractivity contribution < 1.29 is 14.6 Å². The van der Waals surface area contributed by atoms with Crippen LogP contribution in [-0.2, 0) is 13.0 Å². The summed E-state index contributed by atoms with van der Waals surface area (Å²) in [5, 5.41) is 15.1. The Hall–Kier alpha value is -2.01. The molecule has 5 nitrogen and oxygen atoms in total. The molecule has 0 amide bonds. The summed E-state index contributed by atoms with van der Waals surface area (Å²) in [6, 6.07) is 5.83. The third-order valence-corrected chi connectivity index (χ3v) is 3.79. The summed E-state index contributed by atoms with van der Waals surface area (Å²) in [6.45, 7) is 3.55. The van der Waals surface area contributed by atoms with Crippen LogP contribution in [0.2, 0.25) is 0 Å².